The maximum Gasteiger partial charge on any atom is 0.225 e. The number of hydrogen-bond donors (Lipinski definition) is 1. The van der Waals surface area contributed by atoms with E-state index < -0.39 is 11.4 Å². The molecule has 124 valence electrons. The smallest absolute Gasteiger partial charge is 0.225 e. The molecule has 24 heavy (non-hydrogen) atoms. The number of nitrogens with zero attached hydrogens (tertiary/aromatic N) is 4. The van der Waals surface area contributed by atoms with Gasteiger partial charge in [-0.1, -0.05) is 30.0 Å². The van der Waals surface area contributed by atoms with Crippen molar-refractivity contribution in [1.29, 1.82) is 0 Å². The average molecular weight is 347 g/mol. The van der Waals surface area contributed by atoms with Crippen molar-refractivity contribution in [2.45, 2.75) is 5.54 Å². The number of halogens is 2. The number of thioether (sulfide) groups is 1. The molecule has 3 heterocycles. The maximum atomic E-state index is 14.5. The molecule has 2 aromatic rings. The molecule has 5 nitrogen and oxygen atoms in total. The van der Waals surface area contributed by atoms with Crippen LogP contribution in [0.1, 0.15) is 5.56 Å². The van der Waals surface area contributed by atoms with E-state index in [-0.39, 0.29) is 11.7 Å². The lowest BCUT2D eigenvalue weighted by molar-refractivity contribution is 0.371. The highest BCUT2D eigenvalue weighted by atomic mass is 32.2. The Morgan fingerprint density at radius 3 is 2.71 bits per heavy atom. The van der Waals surface area contributed by atoms with Crippen LogP contribution < -0.4 is 10.6 Å². The molecule has 2 atom stereocenters. The molecule has 0 aliphatic carbocycles. The quantitative estimate of drug-likeness (QED) is 0.902. The molecule has 0 spiro atoms. The first-order chi connectivity index (χ1) is 11.6. The van der Waals surface area contributed by atoms with Gasteiger partial charge in [0.2, 0.25) is 5.95 Å². The third kappa shape index (κ3) is 2.41. The second kappa shape index (κ2) is 5.70. The number of anilines is 1. The summed E-state index contributed by atoms with van der Waals surface area (Å²) in [4.78, 5) is 14.6. The molecule has 2 aliphatic heterocycles. The average Bonchev–Trinajstić information content (AvgIpc) is 2.95. The second-order valence-electron chi connectivity index (χ2n) is 5.94. The minimum atomic E-state index is -0.765. The first kappa shape index (κ1) is 15.3. The molecule has 1 saturated heterocycles. The number of rotatable bonds is 2. The Labute approximate surface area is 142 Å². The Balaban J connectivity index is 1.78. The molecule has 0 amide bonds. The topological polar surface area (TPSA) is 67.4 Å². The van der Waals surface area contributed by atoms with Crippen LogP contribution in [0.15, 0.2) is 41.7 Å². The van der Waals surface area contributed by atoms with Gasteiger partial charge in [-0.15, -0.1) is 0 Å². The summed E-state index contributed by atoms with van der Waals surface area (Å²) in [6.07, 6.45) is 2.26. The number of nitrogens with two attached hydrogens (primary N) is 1. The van der Waals surface area contributed by atoms with Gasteiger partial charge in [0.25, 0.3) is 0 Å². The third-order valence-corrected chi connectivity index (χ3v) is 5.48. The summed E-state index contributed by atoms with van der Waals surface area (Å²) in [6.45, 7) is 1.02. The standard InChI is InChI=1S/C16H15F2N5S/c17-11-5-20-15(21-6-11)23-7-10-8-24-14(19)22-16(10,9-23)12-3-1-2-4-13(12)18/h1-6,10H,7-9H2,(H2,19,22). The predicted octanol–water partition coefficient (Wildman–Crippen LogP) is 2.15. The van der Waals surface area contributed by atoms with Crippen molar-refractivity contribution >= 4 is 22.9 Å². The largest absolute Gasteiger partial charge is 0.379 e. The highest BCUT2D eigenvalue weighted by molar-refractivity contribution is 8.13. The van der Waals surface area contributed by atoms with Crippen LogP contribution in [-0.4, -0.2) is 34.0 Å². The fourth-order valence-corrected chi connectivity index (χ4v) is 4.41. The van der Waals surface area contributed by atoms with Gasteiger partial charge in [-0.25, -0.2) is 23.7 Å². The molecule has 2 aliphatic rings. The molecule has 0 radical (unpaired) electrons. The van der Waals surface area contributed by atoms with Crippen molar-refractivity contribution in [2.75, 3.05) is 23.7 Å². The van der Waals surface area contributed by atoms with Gasteiger partial charge in [-0.05, 0) is 6.07 Å². The van der Waals surface area contributed by atoms with Crippen LogP contribution >= 0.6 is 11.8 Å². The van der Waals surface area contributed by atoms with Crippen LogP contribution in [0.4, 0.5) is 14.7 Å². The highest BCUT2D eigenvalue weighted by Gasteiger charge is 2.51. The SMILES string of the molecule is NC1=NC2(c3ccccc3F)CN(c3ncc(F)cn3)CC2CS1. The van der Waals surface area contributed by atoms with Crippen molar-refractivity contribution in [3.63, 3.8) is 0 Å². The zero-order valence-corrected chi connectivity index (χ0v) is 13.5. The van der Waals surface area contributed by atoms with Gasteiger partial charge in [0.15, 0.2) is 11.0 Å². The van der Waals surface area contributed by atoms with Crippen molar-refractivity contribution in [2.24, 2.45) is 16.6 Å². The summed E-state index contributed by atoms with van der Waals surface area (Å²) < 4.78 is 27.6. The summed E-state index contributed by atoms with van der Waals surface area (Å²) in [5.41, 5.74) is 5.72. The van der Waals surface area contributed by atoms with Crippen LogP contribution in [0.2, 0.25) is 0 Å². The van der Waals surface area contributed by atoms with Crippen LogP contribution in [0.25, 0.3) is 0 Å². The monoisotopic (exact) mass is 347 g/mol. The number of aliphatic imine (C=N–C) groups is 1. The fourth-order valence-electron chi connectivity index (χ4n) is 3.43. The molecular formula is C16H15F2N5S. The lowest BCUT2D eigenvalue weighted by Crippen LogP contribution is -2.40. The molecule has 8 heteroatoms. The van der Waals surface area contributed by atoms with E-state index >= 15 is 0 Å². The van der Waals surface area contributed by atoms with E-state index in [4.69, 9.17) is 5.73 Å². The van der Waals surface area contributed by atoms with E-state index in [0.717, 1.165) is 18.1 Å². The molecule has 0 saturated carbocycles. The molecule has 2 N–H and O–H groups in total. The number of aromatic nitrogens is 2. The summed E-state index contributed by atoms with van der Waals surface area (Å²) in [5, 5.41) is 0.455. The van der Waals surface area contributed by atoms with Crippen molar-refractivity contribution in [3.05, 3.63) is 53.9 Å². The summed E-state index contributed by atoms with van der Waals surface area (Å²) in [7, 11) is 0. The molecule has 1 aromatic heterocycles. The van der Waals surface area contributed by atoms with E-state index in [0.29, 0.717) is 29.8 Å². The minimum Gasteiger partial charge on any atom is -0.379 e. The molecule has 0 bridgehead atoms. The zero-order valence-electron chi connectivity index (χ0n) is 12.7. The fraction of sp³-hybridized carbons (Fsp3) is 0.312. The molecule has 1 aromatic carbocycles. The molecule has 2 unspecified atom stereocenters. The van der Waals surface area contributed by atoms with E-state index in [1.54, 1.807) is 18.2 Å². The third-order valence-electron chi connectivity index (χ3n) is 4.52. The van der Waals surface area contributed by atoms with Crippen LogP contribution in [-0.2, 0) is 5.54 Å². The second-order valence-corrected chi connectivity index (χ2v) is 6.98. The summed E-state index contributed by atoms with van der Waals surface area (Å²) in [5.74, 6) is 0.437. The summed E-state index contributed by atoms with van der Waals surface area (Å²) in [6, 6.07) is 6.65. The number of fused-ring (bicyclic) bond motifs is 1. The van der Waals surface area contributed by atoms with Gasteiger partial charge in [-0.2, -0.15) is 0 Å². The Kier molecular flexibility index (Phi) is 3.64. The Bertz CT molecular complexity index is 797. The predicted molar refractivity (Wildman–Crippen MR) is 89.9 cm³/mol. The van der Waals surface area contributed by atoms with E-state index in [9.17, 15) is 8.78 Å². The highest BCUT2D eigenvalue weighted by Crippen LogP contribution is 2.46. The van der Waals surface area contributed by atoms with Crippen molar-refractivity contribution < 1.29 is 8.78 Å². The van der Waals surface area contributed by atoms with Gasteiger partial charge in [0, 0.05) is 23.8 Å². The van der Waals surface area contributed by atoms with E-state index in [1.807, 2.05) is 4.90 Å². The Morgan fingerprint density at radius 2 is 1.96 bits per heavy atom. The molecule has 1 fully saturated rings. The summed E-state index contributed by atoms with van der Waals surface area (Å²) >= 11 is 1.47. The van der Waals surface area contributed by atoms with Gasteiger partial charge in [0.1, 0.15) is 11.4 Å². The molecular weight excluding hydrogens is 332 g/mol. The lowest BCUT2D eigenvalue weighted by Gasteiger charge is -2.34. The Morgan fingerprint density at radius 1 is 1.21 bits per heavy atom. The van der Waals surface area contributed by atoms with Crippen molar-refractivity contribution in [3.8, 4) is 0 Å². The maximum absolute atomic E-state index is 14.5. The first-order valence-corrected chi connectivity index (χ1v) is 8.53. The van der Waals surface area contributed by atoms with Gasteiger partial charge < -0.3 is 10.6 Å². The van der Waals surface area contributed by atoms with Crippen LogP contribution in [0, 0.1) is 17.6 Å². The van der Waals surface area contributed by atoms with Crippen molar-refractivity contribution in [1.82, 2.24) is 9.97 Å². The van der Waals surface area contributed by atoms with Crippen LogP contribution in [0.5, 0.6) is 0 Å². The normalized spacial score (nSPS) is 26.2. The van der Waals surface area contributed by atoms with Gasteiger partial charge in [0.05, 0.1) is 18.9 Å². The van der Waals surface area contributed by atoms with E-state index in [1.165, 1.54) is 17.8 Å². The number of amidine groups is 1. The lowest BCUT2D eigenvalue weighted by atomic mass is 9.81. The van der Waals surface area contributed by atoms with Crippen LogP contribution in [0.3, 0.4) is 0 Å². The first-order valence-electron chi connectivity index (χ1n) is 7.54. The minimum absolute atomic E-state index is 0.0698. The zero-order chi connectivity index (χ0) is 16.7. The van der Waals surface area contributed by atoms with Gasteiger partial charge >= 0.3 is 0 Å². The van der Waals surface area contributed by atoms with Gasteiger partial charge in [-0.3, -0.25) is 0 Å². The molecule has 4 rings (SSSR count). The number of benzene rings is 1. The van der Waals surface area contributed by atoms with E-state index in [2.05, 4.69) is 15.0 Å². The number of hydrogen-bond acceptors (Lipinski definition) is 6. The Hall–Kier alpha value is -2.22.